The van der Waals surface area contributed by atoms with Crippen LogP contribution in [0.3, 0.4) is 0 Å². The Labute approximate surface area is 141 Å². The lowest BCUT2D eigenvalue weighted by Crippen LogP contribution is -2.01. The Balaban J connectivity index is 2.39. The topological polar surface area (TPSA) is 50.4 Å². The predicted octanol–water partition coefficient (Wildman–Crippen LogP) is 5.34. The van der Waals surface area contributed by atoms with Gasteiger partial charge in [0.2, 0.25) is 0 Å². The summed E-state index contributed by atoms with van der Waals surface area (Å²) >= 11 is 12.6. The fourth-order valence-electron chi connectivity index (χ4n) is 2.00. The molecule has 2 aromatic carbocycles. The van der Waals surface area contributed by atoms with Gasteiger partial charge in [-0.05, 0) is 50.1 Å². The minimum absolute atomic E-state index is 0.0260. The van der Waals surface area contributed by atoms with Gasteiger partial charge < -0.3 is 9.52 Å². The Hall–Kier alpha value is -1.30. The van der Waals surface area contributed by atoms with Crippen LogP contribution in [0.1, 0.15) is 0 Å². The summed E-state index contributed by atoms with van der Waals surface area (Å²) in [6.45, 7) is 0. The quantitative estimate of drug-likeness (QED) is 0.567. The number of phenols is 1. The van der Waals surface area contributed by atoms with Gasteiger partial charge in [-0.1, -0.05) is 23.7 Å². The van der Waals surface area contributed by atoms with Crippen molar-refractivity contribution in [3.8, 4) is 17.1 Å². The molecule has 0 unspecified atom stereocenters. The molecule has 3 nitrogen and oxygen atoms in total. The summed E-state index contributed by atoms with van der Waals surface area (Å²) in [6, 6.07) is 9.99. The van der Waals surface area contributed by atoms with Crippen LogP contribution in [0.15, 0.2) is 54.6 Å². The zero-order valence-electron chi connectivity index (χ0n) is 10.4. The molecule has 0 radical (unpaired) electrons. The van der Waals surface area contributed by atoms with Crippen molar-refractivity contribution >= 4 is 54.4 Å². The second kappa shape index (κ2) is 5.48. The summed E-state index contributed by atoms with van der Waals surface area (Å²) < 4.78 is 6.50. The maximum Gasteiger partial charge on any atom is 0.193 e. The SMILES string of the molecule is O=c1cc(-c2ccccc2Cl)oc2c(Br)c(O)c(Br)cc12. The first kappa shape index (κ1) is 14.6. The molecule has 0 saturated carbocycles. The van der Waals surface area contributed by atoms with Crippen LogP contribution in [-0.2, 0) is 0 Å². The molecule has 3 rings (SSSR count). The van der Waals surface area contributed by atoms with Crippen LogP contribution >= 0.6 is 43.5 Å². The van der Waals surface area contributed by atoms with Crippen LogP contribution in [-0.4, -0.2) is 5.11 Å². The van der Waals surface area contributed by atoms with Gasteiger partial charge in [-0.25, -0.2) is 0 Å². The van der Waals surface area contributed by atoms with E-state index in [0.717, 1.165) is 0 Å². The summed E-state index contributed by atoms with van der Waals surface area (Å²) in [6.07, 6.45) is 0. The highest BCUT2D eigenvalue weighted by Crippen LogP contribution is 2.39. The molecule has 1 aromatic heterocycles. The Morgan fingerprint density at radius 3 is 2.57 bits per heavy atom. The second-order valence-corrected chi connectivity index (χ2v) is 6.41. The normalized spacial score (nSPS) is 11.0. The summed E-state index contributed by atoms with van der Waals surface area (Å²) in [7, 11) is 0. The lowest BCUT2D eigenvalue weighted by molar-refractivity contribution is 0.467. The Kier molecular flexibility index (Phi) is 3.82. The molecule has 0 bridgehead atoms. The van der Waals surface area contributed by atoms with E-state index in [0.29, 0.717) is 30.7 Å². The largest absolute Gasteiger partial charge is 0.505 e. The number of aromatic hydroxyl groups is 1. The number of halogens is 3. The molecule has 6 heteroatoms. The van der Waals surface area contributed by atoms with Crippen LogP contribution < -0.4 is 5.43 Å². The van der Waals surface area contributed by atoms with Crippen molar-refractivity contribution in [1.29, 1.82) is 0 Å². The van der Waals surface area contributed by atoms with Crippen LogP contribution in [0.5, 0.6) is 5.75 Å². The van der Waals surface area contributed by atoms with E-state index < -0.39 is 0 Å². The molecule has 3 aromatic rings. The van der Waals surface area contributed by atoms with Crippen molar-refractivity contribution in [2.24, 2.45) is 0 Å². The van der Waals surface area contributed by atoms with Crippen LogP contribution in [0.2, 0.25) is 5.02 Å². The number of benzene rings is 2. The highest BCUT2D eigenvalue weighted by molar-refractivity contribution is 9.11. The first-order valence-electron chi connectivity index (χ1n) is 5.88. The molecule has 0 saturated heterocycles. The van der Waals surface area contributed by atoms with Gasteiger partial charge in [0.05, 0.1) is 14.9 Å². The second-order valence-electron chi connectivity index (χ2n) is 4.35. The van der Waals surface area contributed by atoms with E-state index in [9.17, 15) is 9.90 Å². The smallest absolute Gasteiger partial charge is 0.193 e. The van der Waals surface area contributed by atoms with E-state index in [2.05, 4.69) is 31.9 Å². The third-order valence-electron chi connectivity index (χ3n) is 3.03. The molecular formula is C15H7Br2ClO3. The minimum atomic E-state index is -0.215. The molecular weight excluding hydrogens is 423 g/mol. The lowest BCUT2D eigenvalue weighted by Gasteiger charge is -2.08. The summed E-state index contributed by atoms with van der Waals surface area (Å²) in [5, 5.41) is 10.8. The summed E-state index contributed by atoms with van der Waals surface area (Å²) in [5.74, 6) is 0.322. The first-order chi connectivity index (χ1) is 9.99. The average molecular weight is 430 g/mol. The maximum absolute atomic E-state index is 12.3. The zero-order chi connectivity index (χ0) is 15.1. The van der Waals surface area contributed by atoms with Crippen molar-refractivity contribution in [2.75, 3.05) is 0 Å². The molecule has 0 aliphatic carbocycles. The number of fused-ring (bicyclic) bond motifs is 1. The fraction of sp³-hybridized carbons (Fsp3) is 0. The first-order valence-corrected chi connectivity index (χ1v) is 7.85. The van der Waals surface area contributed by atoms with Gasteiger partial charge in [0, 0.05) is 11.6 Å². The molecule has 0 amide bonds. The number of hydrogen-bond acceptors (Lipinski definition) is 3. The number of phenolic OH excluding ortho intramolecular Hbond substituents is 1. The van der Waals surface area contributed by atoms with Crippen molar-refractivity contribution in [2.45, 2.75) is 0 Å². The number of rotatable bonds is 1. The Morgan fingerprint density at radius 2 is 1.86 bits per heavy atom. The van der Waals surface area contributed by atoms with Gasteiger partial charge in [0.1, 0.15) is 16.0 Å². The molecule has 21 heavy (non-hydrogen) atoms. The zero-order valence-corrected chi connectivity index (χ0v) is 14.3. The highest BCUT2D eigenvalue weighted by Gasteiger charge is 2.16. The average Bonchev–Trinajstić information content (AvgIpc) is 2.46. The molecule has 106 valence electrons. The Bertz CT molecular complexity index is 919. The standard InChI is InChI=1S/C15H7Br2ClO3/c16-9-5-8-11(19)6-12(7-3-1-2-4-10(7)18)21-15(8)13(17)14(9)20/h1-6,20H. The lowest BCUT2D eigenvalue weighted by atomic mass is 10.1. The van der Waals surface area contributed by atoms with Crippen molar-refractivity contribution in [3.63, 3.8) is 0 Å². The Morgan fingerprint density at radius 1 is 1.14 bits per heavy atom. The maximum atomic E-state index is 12.3. The van der Waals surface area contributed by atoms with Crippen LogP contribution in [0.25, 0.3) is 22.3 Å². The van der Waals surface area contributed by atoms with Gasteiger partial charge in [-0.15, -0.1) is 0 Å². The van der Waals surface area contributed by atoms with Crippen LogP contribution in [0.4, 0.5) is 0 Å². The molecule has 0 aliphatic rings. The molecule has 1 N–H and O–H groups in total. The monoisotopic (exact) mass is 428 g/mol. The summed E-state index contributed by atoms with van der Waals surface area (Å²) in [5.41, 5.74) is 0.679. The molecule has 0 fully saturated rings. The molecule has 1 heterocycles. The van der Waals surface area contributed by atoms with E-state index in [1.807, 2.05) is 0 Å². The molecule has 0 spiro atoms. The molecule has 0 atom stereocenters. The van der Waals surface area contributed by atoms with Crippen LogP contribution in [0, 0.1) is 0 Å². The van der Waals surface area contributed by atoms with Crippen molar-refractivity contribution in [3.05, 3.63) is 60.6 Å². The van der Waals surface area contributed by atoms with E-state index in [1.165, 1.54) is 12.1 Å². The van der Waals surface area contributed by atoms with E-state index in [-0.39, 0.29) is 16.8 Å². The van der Waals surface area contributed by atoms with Gasteiger partial charge in [0.25, 0.3) is 0 Å². The van der Waals surface area contributed by atoms with Gasteiger partial charge in [-0.2, -0.15) is 0 Å². The van der Waals surface area contributed by atoms with Crippen molar-refractivity contribution < 1.29 is 9.52 Å². The fourth-order valence-corrected chi connectivity index (χ4v) is 3.43. The summed E-state index contributed by atoms with van der Waals surface area (Å²) in [4.78, 5) is 12.3. The van der Waals surface area contributed by atoms with Crippen molar-refractivity contribution in [1.82, 2.24) is 0 Å². The third kappa shape index (κ3) is 2.50. The third-order valence-corrected chi connectivity index (χ3v) is 4.70. The number of hydrogen-bond donors (Lipinski definition) is 1. The van der Waals surface area contributed by atoms with Gasteiger partial charge in [0.15, 0.2) is 11.0 Å². The van der Waals surface area contributed by atoms with E-state index in [4.69, 9.17) is 16.0 Å². The highest BCUT2D eigenvalue weighted by atomic mass is 79.9. The molecule has 0 aliphatic heterocycles. The van der Waals surface area contributed by atoms with Gasteiger partial charge >= 0.3 is 0 Å². The van der Waals surface area contributed by atoms with E-state index >= 15 is 0 Å². The predicted molar refractivity (Wildman–Crippen MR) is 90.0 cm³/mol. The minimum Gasteiger partial charge on any atom is -0.505 e. The van der Waals surface area contributed by atoms with Gasteiger partial charge in [-0.3, -0.25) is 4.79 Å². The van der Waals surface area contributed by atoms with E-state index in [1.54, 1.807) is 24.3 Å².